The van der Waals surface area contributed by atoms with Gasteiger partial charge in [0.2, 0.25) is 0 Å². The van der Waals surface area contributed by atoms with Crippen molar-refractivity contribution >= 4 is 12.2 Å². The molecule has 0 saturated heterocycles. The molecule has 0 bridgehead atoms. The molecule has 0 unspecified atom stereocenters. The predicted octanol–water partition coefficient (Wildman–Crippen LogP) is -0.0312. The molecule has 15 heavy (non-hydrogen) atoms. The first kappa shape index (κ1) is 13.5. The van der Waals surface area contributed by atoms with Crippen LogP contribution in [0.15, 0.2) is 0 Å². The quantitative estimate of drug-likeness (QED) is 0.482. The zero-order valence-electron chi connectivity index (χ0n) is 8.86. The van der Waals surface area contributed by atoms with Crippen molar-refractivity contribution < 1.29 is 24.2 Å². The van der Waals surface area contributed by atoms with E-state index in [1.807, 2.05) is 0 Å². The summed E-state index contributed by atoms with van der Waals surface area (Å²) >= 11 is 0. The molecule has 7 nitrogen and oxygen atoms in total. The fourth-order valence-corrected chi connectivity index (χ4v) is 0.712. The zero-order chi connectivity index (χ0) is 11.7. The average Bonchev–Trinajstić information content (AvgIpc) is 2.17. The van der Waals surface area contributed by atoms with Crippen LogP contribution < -0.4 is 5.32 Å². The molecule has 0 aromatic rings. The number of carboxylic acid groups (broad SMARTS) is 1. The van der Waals surface area contributed by atoms with E-state index in [4.69, 9.17) is 9.84 Å². The number of rotatable bonds is 6. The van der Waals surface area contributed by atoms with Gasteiger partial charge in [0.15, 0.2) is 0 Å². The Kier molecular flexibility index (Phi) is 7.08. The van der Waals surface area contributed by atoms with Crippen molar-refractivity contribution in [3.63, 3.8) is 0 Å². The van der Waals surface area contributed by atoms with E-state index in [0.717, 1.165) is 0 Å². The van der Waals surface area contributed by atoms with Crippen LogP contribution in [0.2, 0.25) is 0 Å². The molecular formula is C8H16N2O5. The third kappa shape index (κ3) is 7.56. The molecule has 0 aliphatic rings. The molecular weight excluding hydrogens is 204 g/mol. The van der Waals surface area contributed by atoms with Crippen LogP contribution in [0.5, 0.6) is 0 Å². The topological polar surface area (TPSA) is 88.1 Å². The summed E-state index contributed by atoms with van der Waals surface area (Å²) in [6, 6.07) is 0. The molecule has 0 radical (unpaired) electrons. The van der Waals surface area contributed by atoms with Gasteiger partial charge in [0.25, 0.3) is 0 Å². The molecule has 1 amide bonds. The Hall–Kier alpha value is -1.50. The van der Waals surface area contributed by atoms with Crippen LogP contribution in [-0.4, -0.2) is 62.7 Å². The monoisotopic (exact) mass is 220 g/mol. The van der Waals surface area contributed by atoms with Gasteiger partial charge in [0.1, 0.15) is 13.2 Å². The van der Waals surface area contributed by atoms with Crippen LogP contribution in [0, 0.1) is 0 Å². The Labute approximate surface area is 87.9 Å². The van der Waals surface area contributed by atoms with Crippen molar-refractivity contribution in [2.45, 2.75) is 0 Å². The van der Waals surface area contributed by atoms with Crippen LogP contribution in [0.4, 0.5) is 9.59 Å². The lowest BCUT2D eigenvalue weighted by Crippen LogP contribution is -2.32. The van der Waals surface area contributed by atoms with Gasteiger partial charge in [0, 0.05) is 13.6 Å². The lowest BCUT2D eigenvalue weighted by molar-refractivity contribution is 0.0738. The van der Waals surface area contributed by atoms with Gasteiger partial charge in [-0.05, 0) is 7.05 Å². The highest BCUT2D eigenvalue weighted by Gasteiger charge is 2.09. The summed E-state index contributed by atoms with van der Waals surface area (Å²) in [4.78, 5) is 22.4. The number of hydrogen-bond acceptors (Lipinski definition) is 5. The lowest BCUT2D eigenvalue weighted by Gasteiger charge is -2.16. The number of nitrogens with zero attached hydrogens (tertiary/aromatic N) is 1. The van der Waals surface area contributed by atoms with E-state index >= 15 is 0 Å². The smallest absolute Gasteiger partial charge is 0.450 e. The van der Waals surface area contributed by atoms with Crippen molar-refractivity contribution in [1.29, 1.82) is 0 Å². The molecule has 7 heteroatoms. The van der Waals surface area contributed by atoms with Crippen LogP contribution in [0.3, 0.4) is 0 Å². The second-order valence-corrected chi connectivity index (χ2v) is 2.75. The summed E-state index contributed by atoms with van der Waals surface area (Å²) < 4.78 is 9.07. The Morgan fingerprint density at radius 1 is 1.33 bits per heavy atom. The maximum atomic E-state index is 11.2. The molecule has 0 aliphatic heterocycles. The van der Waals surface area contributed by atoms with E-state index in [1.54, 1.807) is 7.05 Å². The third-order valence-electron chi connectivity index (χ3n) is 1.54. The van der Waals surface area contributed by atoms with Gasteiger partial charge >= 0.3 is 12.2 Å². The fourth-order valence-electron chi connectivity index (χ4n) is 0.712. The third-order valence-corrected chi connectivity index (χ3v) is 1.54. The number of amides is 1. The highest BCUT2D eigenvalue weighted by atomic mass is 16.7. The van der Waals surface area contributed by atoms with Crippen LogP contribution in [0.1, 0.15) is 0 Å². The van der Waals surface area contributed by atoms with Crippen LogP contribution in [0.25, 0.3) is 0 Å². The molecule has 0 heterocycles. The Balaban J connectivity index is 3.55. The molecule has 0 spiro atoms. The Bertz CT molecular complexity index is 209. The number of ether oxygens (including phenoxy) is 2. The van der Waals surface area contributed by atoms with Crippen molar-refractivity contribution in [3.8, 4) is 0 Å². The summed E-state index contributed by atoms with van der Waals surface area (Å²) in [6.45, 7) is 0.961. The normalized spacial score (nSPS) is 9.47. The zero-order valence-corrected chi connectivity index (χ0v) is 8.86. The van der Waals surface area contributed by atoms with E-state index in [2.05, 4.69) is 10.1 Å². The van der Waals surface area contributed by atoms with E-state index in [-0.39, 0.29) is 19.8 Å². The van der Waals surface area contributed by atoms with Crippen LogP contribution >= 0.6 is 0 Å². The second kappa shape index (κ2) is 7.86. The van der Waals surface area contributed by atoms with Crippen molar-refractivity contribution in [3.05, 3.63) is 0 Å². The van der Waals surface area contributed by atoms with E-state index in [9.17, 15) is 9.59 Å². The van der Waals surface area contributed by atoms with Crippen LogP contribution in [-0.2, 0) is 9.47 Å². The predicted molar refractivity (Wildman–Crippen MR) is 51.9 cm³/mol. The van der Waals surface area contributed by atoms with Gasteiger partial charge in [-0.3, -0.25) is 0 Å². The highest BCUT2D eigenvalue weighted by Crippen LogP contribution is 1.90. The standard InChI is InChI=1S/C8H16N2O5/c1-9-3-5-14-7(11)10(2)4-6-15-8(12)13/h9H,3-6H2,1-2H3,(H,12,13). The molecule has 0 atom stereocenters. The first-order valence-corrected chi connectivity index (χ1v) is 4.46. The number of nitrogens with one attached hydrogen (secondary N) is 1. The maximum absolute atomic E-state index is 11.2. The van der Waals surface area contributed by atoms with Crippen molar-refractivity contribution in [1.82, 2.24) is 10.2 Å². The fraction of sp³-hybridized carbons (Fsp3) is 0.750. The van der Waals surface area contributed by atoms with Gasteiger partial charge < -0.3 is 24.8 Å². The Morgan fingerprint density at radius 2 is 2.00 bits per heavy atom. The summed E-state index contributed by atoms with van der Waals surface area (Å²) in [5.74, 6) is 0. The number of carbonyl (C=O) groups is 2. The second-order valence-electron chi connectivity index (χ2n) is 2.75. The highest BCUT2D eigenvalue weighted by molar-refractivity contribution is 5.67. The van der Waals surface area contributed by atoms with Gasteiger partial charge in [-0.15, -0.1) is 0 Å². The van der Waals surface area contributed by atoms with E-state index in [1.165, 1.54) is 11.9 Å². The van der Waals surface area contributed by atoms with Gasteiger partial charge in [-0.2, -0.15) is 0 Å². The van der Waals surface area contributed by atoms with E-state index in [0.29, 0.717) is 6.54 Å². The average molecular weight is 220 g/mol. The molecule has 0 rings (SSSR count). The summed E-state index contributed by atoms with van der Waals surface area (Å²) in [5, 5.41) is 11.0. The summed E-state index contributed by atoms with van der Waals surface area (Å²) in [7, 11) is 3.26. The van der Waals surface area contributed by atoms with E-state index < -0.39 is 12.2 Å². The number of hydrogen-bond donors (Lipinski definition) is 2. The van der Waals surface area contributed by atoms with Crippen molar-refractivity contribution in [2.75, 3.05) is 40.4 Å². The molecule has 0 aromatic heterocycles. The molecule has 88 valence electrons. The number of carbonyl (C=O) groups excluding carboxylic acids is 1. The van der Waals surface area contributed by atoms with Crippen molar-refractivity contribution in [2.24, 2.45) is 0 Å². The van der Waals surface area contributed by atoms with Gasteiger partial charge in [-0.25, -0.2) is 9.59 Å². The largest absolute Gasteiger partial charge is 0.505 e. The first-order valence-electron chi connectivity index (χ1n) is 4.46. The molecule has 0 saturated carbocycles. The van der Waals surface area contributed by atoms with Gasteiger partial charge in [0.05, 0.1) is 6.54 Å². The van der Waals surface area contributed by atoms with Gasteiger partial charge in [-0.1, -0.05) is 0 Å². The molecule has 2 N–H and O–H groups in total. The minimum atomic E-state index is -1.35. The maximum Gasteiger partial charge on any atom is 0.505 e. The first-order chi connectivity index (χ1) is 7.07. The minimum absolute atomic E-state index is 0.0625. The SMILES string of the molecule is CNCCOC(=O)N(C)CCOC(=O)O. The summed E-state index contributed by atoms with van der Waals surface area (Å²) in [5.41, 5.74) is 0. The summed E-state index contributed by atoms with van der Waals surface area (Å²) in [6.07, 6.45) is -1.86. The molecule has 0 fully saturated rings. The number of likely N-dealkylation sites (N-methyl/N-ethyl adjacent to an activating group) is 2. The Morgan fingerprint density at radius 3 is 2.53 bits per heavy atom. The molecule has 0 aliphatic carbocycles. The minimum Gasteiger partial charge on any atom is -0.450 e. The molecule has 0 aromatic carbocycles. The lowest BCUT2D eigenvalue weighted by atomic mass is 10.6.